The lowest BCUT2D eigenvalue weighted by molar-refractivity contribution is -0.0585. The van der Waals surface area contributed by atoms with Crippen LogP contribution in [0.15, 0.2) is 0 Å². The molecule has 0 aliphatic heterocycles. The van der Waals surface area contributed by atoms with E-state index in [0.29, 0.717) is 0 Å². The molecule has 3 heteroatoms. The maximum atomic E-state index is 9.07. The highest BCUT2D eigenvalue weighted by atomic mass is 35.5. The topological polar surface area (TPSA) is 46.2 Å². The highest BCUT2D eigenvalue weighted by Crippen LogP contribution is 2.38. The van der Waals surface area contributed by atoms with Crippen molar-refractivity contribution in [3.63, 3.8) is 0 Å². The van der Waals surface area contributed by atoms with Crippen LogP contribution in [0.1, 0.15) is 20.3 Å². The highest BCUT2D eigenvalue weighted by molar-refractivity contribution is 5.85. The Kier molecular flexibility index (Phi) is 2.50. The van der Waals surface area contributed by atoms with E-state index in [0.717, 1.165) is 6.42 Å². The van der Waals surface area contributed by atoms with Gasteiger partial charge in [0.25, 0.3) is 0 Å². The zero-order chi connectivity index (χ0) is 6.36. The Balaban J connectivity index is 0.000000640. The van der Waals surface area contributed by atoms with Gasteiger partial charge in [-0.25, -0.2) is 0 Å². The number of hydrogen-bond donors (Lipinski definition) is 2. The molecule has 0 unspecified atom stereocenters. The van der Waals surface area contributed by atoms with E-state index < -0.39 is 0 Å². The zero-order valence-corrected chi connectivity index (χ0v) is 6.61. The van der Waals surface area contributed by atoms with Crippen LogP contribution in [0.4, 0.5) is 0 Å². The molecule has 0 aromatic carbocycles. The third kappa shape index (κ3) is 1.20. The molecule has 2 atom stereocenters. The van der Waals surface area contributed by atoms with Gasteiger partial charge >= 0.3 is 0 Å². The fraction of sp³-hybridized carbons (Fsp3) is 1.00. The fourth-order valence-electron chi connectivity index (χ4n) is 0.935. The molecule has 0 spiro atoms. The molecule has 0 saturated heterocycles. The molecule has 1 fully saturated rings. The van der Waals surface area contributed by atoms with Crippen molar-refractivity contribution in [2.75, 3.05) is 0 Å². The van der Waals surface area contributed by atoms with Gasteiger partial charge in [0.05, 0.1) is 6.10 Å². The summed E-state index contributed by atoms with van der Waals surface area (Å²) in [4.78, 5) is 0. The first-order valence-electron chi connectivity index (χ1n) is 2.99. The first kappa shape index (κ1) is 9.21. The third-order valence-electron chi connectivity index (χ3n) is 2.29. The lowest BCUT2D eigenvalue weighted by Crippen LogP contribution is -2.57. The smallest absolute Gasteiger partial charge is 0.0620 e. The Hall–Kier alpha value is 0.210. The normalized spacial score (nSPS) is 38.7. The summed E-state index contributed by atoms with van der Waals surface area (Å²) in [5.41, 5.74) is 5.56. The molecule has 1 rings (SSSR count). The van der Waals surface area contributed by atoms with E-state index in [-0.39, 0.29) is 30.0 Å². The van der Waals surface area contributed by atoms with E-state index in [2.05, 4.69) is 0 Å². The number of halogens is 1. The lowest BCUT2D eigenvalue weighted by atomic mass is 9.65. The average molecular weight is 152 g/mol. The molecule has 1 aliphatic rings. The largest absolute Gasteiger partial charge is 0.392 e. The van der Waals surface area contributed by atoms with Crippen LogP contribution in [0, 0.1) is 5.41 Å². The van der Waals surface area contributed by atoms with Crippen molar-refractivity contribution in [3.05, 3.63) is 0 Å². The number of hydrogen-bond acceptors (Lipinski definition) is 2. The van der Waals surface area contributed by atoms with Gasteiger partial charge in [-0.1, -0.05) is 13.8 Å². The van der Waals surface area contributed by atoms with Gasteiger partial charge < -0.3 is 10.8 Å². The van der Waals surface area contributed by atoms with Crippen LogP contribution in [-0.4, -0.2) is 17.3 Å². The molecule has 0 heterocycles. The fourth-order valence-corrected chi connectivity index (χ4v) is 0.935. The zero-order valence-electron chi connectivity index (χ0n) is 5.79. The molecule has 56 valence electrons. The van der Waals surface area contributed by atoms with Gasteiger partial charge in [0.1, 0.15) is 0 Å². The van der Waals surface area contributed by atoms with Crippen LogP contribution < -0.4 is 5.73 Å². The van der Waals surface area contributed by atoms with Crippen LogP contribution in [0.5, 0.6) is 0 Å². The molecular formula is C6H14ClNO. The minimum absolute atomic E-state index is 0. The molecule has 1 saturated carbocycles. The van der Waals surface area contributed by atoms with E-state index >= 15 is 0 Å². The van der Waals surface area contributed by atoms with Gasteiger partial charge in [0.15, 0.2) is 0 Å². The standard InChI is InChI=1S/C6H13NO.ClH/c1-6(2)4(7)3-5(6)8;/h4-5,8H,3,7H2,1-2H3;1H/t4-,5-;/m0./s1. The molecule has 0 radical (unpaired) electrons. The molecule has 2 nitrogen and oxygen atoms in total. The number of aliphatic hydroxyl groups is 1. The molecule has 0 aromatic heterocycles. The number of nitrogens with two attached hydrogens (primary N) is 1. The van der Waals surface area contributed by atoms with Crippen molar-refractivity contribution in [2.45, 2.75) is 32.4 Å². The van der Waals surface area contributed by atoms with Gasteiger partial charge in [-0.15, -0.1) is 12.4 Å². The summed E-state index contributed by atoms with van der Waals surface area (Å²) in [5, 5.41) is 9.07. The highest BCUT2D eigenvalue weighted by Gasteiger charge is 2.44. The summed E-state index contributed by atoms with van der Waals surface area (Å²) in [5.74, 6) is 0. The van der Waals surface area contributed by atoms with Gasteiger partial charge in [0.2, 0.25) is 0 Å². The number of rotatable bonds is 0. The van der Waals surface area contributed by atoms with Crippen molar-refractivity contribution < 1.29 is 5.11 Å². The second-order valence-electron chi connectivity index (χ2n) is 3.18. The Labute approximate surface area is 61.8 Å². The Morgan fingerprint density at radius 3 is 2.00 bits per heavy atom. The molecule has 0 aromatic rings. The van der Waals surface area contributed by atoms with E-state index in [1.807, 2.05) is 13.8 Å². The summed E-state index contributed by atoms with van der Waals surface area (Å²) in [6.07, 6.45) is 0.602. The summed E-state index contributed by atoms with van der Waals surface area (Å²) < 4.78 is 0. The van der Waals surface area contributed by atoms with Crippen molar-refractivity contribution in [2.24, 2.45) is 11.1 Å². The summed E-state index contributed by atoms with van der Waals surface area (Å²) in [6.45, 7) is 3.98. The quantitative estimate of drug-likeness (QED) is 0.531. The molecule has 0 amide bonds. The van der Waals surface area contributed by atoms with Crippen molar-refractivity contribution in [3.8, 4) is 0 Å². The van der Waals surface area contributed by atoms with Crippen molar-refractivity contribution in [1.29, 1.82) is 0 Å². The van der Waals surface area contributed by atoms with E-state index in [4.69, 9.17) is 10.8 Å². The lowest BCUT2D eigenvalue weighted by Gasteiger charge is -2.47. The predicted octanol–water partition coefficient (Wildman–Crippen LogP) is 0.526. The Morgan fingerprint density at radius 1 is 1.56 bits per heavy atom. The Morgan fingerprint density at radius 2 is 2.00 bits per heavy atom. The Bertz CT molecular complexity index is 95.2. The van der Waals surface area contributed by atoms with Gasteiger partial charge in [-0.2, -0.15) is 0 Å². The number of aliphatic hydroxyl groups excluding tert-OH is 1. The van der Waals surface area contributed by atoms with E-state index in [1.54, 1.807) is 0 Å². The van der Waals surface area contributed by atoms with Crippen LogP contribution in [0.3, 0.4) is 0 Å². The minimum Gasteiger partial charge on any atom is -0.392 e. The van der Waals surface area contributed by atoms with Crippen LogP contribution in [-0.2, 0) is 0 Å². The predicted molar refractivity (Wildman–Crippen MR) is 39.6 cm³/mol. The maximum absolute atomic E-state index is 9.07. The SMILES string of the molecule is CC1(C)[C@@H](N)C[C@@H]1O.Cl. The molecule has 9 heavy (non-hydrogen) atoms. The average Bonchev–Trinajstić information content (AvgIpc) is 1.68. The summed E-state index contributed by atoms with van der Waals surface area (Å²) >= 11 is 0. The van der Waals surface area contributed by atoms with Crippen LogP contribution in [0.2, 0.25) is 0 Å². The molecular weight excluding hydrogens is 138 g/mol. The molecule has 3 N–H and O–H groups in total. The summed E-state index contributed by atoms with van der Waals surface area (Å²) in [6, 6.07) is 0.206. The second-order valence-corrected chi connectivity index (χ2v) is 3.18. The molecule has 0 bridgehead atoms. The monoisotopic (exact) mass is 151 g/mol. The van der Waals surface area contributed by atoms with Crippen molar-refractivity contribution in [1.82, 2.24) is 0 Å². The molecule has 1 aliphatic carbocycles. The van der Waals surface area contributed by atoms with Crippen LogP contribution in [0.25, 0.3) is 0 Å². The van der Waals surface area contributed by atoms with E-state index in [1.165, 1.54) is 0 Å². The first-order chi connectivity index (χ1) is 3.55. The summed E-state index contributed by atoms with van der Waals surface area (Å²) in [7, 11) is 0. The third-order valence-corrected chi connectivity index (χ3v) is 2.29. The van der Waals surface area contributed by atoms with E-state index in [9.17, 15) is 0 Å². The van der Waals surface area contributed by atoms with Gasteiger partial charge in [0, 0.05) is 11.5 Å². The van der Waals surface area contributed by atoms with Gasteiger partial charge in [-0.3, -0.25) is 0 Å². The first-order valence-corrected chi connectivity index (χ1v) is 2.99. The maximum Gasteiger partial charge on any atom is 0.0620 e. The second kappa shape index (κ2) is 2.45. The van der Waals surface area contributed by atoms with Crippen molar-refractivity contribution >= 4 is 12.4 Å². The van der Waals surface area contributed by atoms with Gasteiger partial charge in [-0.05, 0) is 6.42 Å². The van der Waals surface area contributed by atoms with Crippen LogP contribution >= 0.6 is 12.4 Å². The minimum atomic E-state index is -0.169.